The van der Waals surface area contributed by atoms with E-state index >= 15 is 0 Å². The van der Waals surface area contributed by atoms with Crippen molar-refractivity contribution in [2.45, 2.75) is 94.9 Å². The number of hydrogen-bond donors (Lipinski definition) is 0. The Hall–Kier alpha value is -0.500. The van der Waals surface area contributed by atoms with Crippen LogP contribution in [0.2, 0.25) is 0 Å². The first-order valence-corrected chi connectivity index (χ1v) is 14.7. The molecule has 0 aliphatic heterocycles. The molecule has 0 aliphatic rings. The van der Waals surface area contributed by atoms with Gasteiger partial charge < -0.3 is 34.0 Å². The van der Waals surface area contributed by atoms with Crippen molar-refractivity contribution in [2.75, 3.05) is 78.5 Å². The van der Waals surface area contributed by atoms with Crippen molar-refractivity contribution in [1.29, 1.82) is 0 Å². The normalized spacial score (nSPS) is 10.2. The first kappa shape index (κ1) is 40.0. The standard InChI is InChI=1S/C28H62N6.2BrH/c1-11-29(12-2)27(30(13-3)14-4)33(19-9)25-23-21-22-24-26-34(20-10)28(31(15-5)16-6)32(17-7)18-8;;/h11-26H2,1-10H3;2*1H/q+2;;/p-2. The summed E-state index contributed by atoms with van der Waals surface area (Å²) in [5.74, 6) is 2.87. The fraction of sp³-hybridized carbons (Fsp3) is 0.929. The van der Waals surface area contributed by atoms with Crippen LogP contribution >= 0.6 is 0 Å². The third-order valence-corrected chi connectivity index (χ3v) is 7.12. The summed E-state index contributed by atoms with van der Waals surface area (Å²) in [4.78, 5) is 10.1. The summed E-state index contributed by atoms with van der Waals surface area (Å²) >= 11 is 0. The zero-order chi connectivity index (χ0) is 25.9. The van der Waals surface area contributed by atoms with E-state index in [-0.39, 0.29) is 34.0 Å². The van der Waals surface area contributed by atoms with E-state index in [2.05, 4.69) is 98.0 Å². The van der Waals surface area contributed by atoms with Gasteiger partial charge in [0.2, 0.25) is 0 Å². The van der Waals surface area contributed by atoms with Gasteiger partial charge in [-0.3, -0.25) is 28.8 Å². The molecular weight excluding hydrogens is 580 g/mol. The molecular formula is C28H62Br2N6. The van der Waals surface area contributed by atoms with Crippen molar-refractivity contribution in [3.05, 3.63) is 0 Å². The number of rotatable bonds is 17. The molecule has 8 heteroatoms. The molecule has 0 aromatic heterocycles. The fourth-order valence-corrected chi connectivity index (χ4v) is 4.98. The van der Waals surface area contributed by atoms with Crippen LogP contribution in [0.25, 0.3) is 0 Å². The molecule has 36 heavy (non-hydrogen) atoms. The molecule has 0 heterocycles. The van der Waals surface area contributed by atoms with Crippen LogP contribution in [0.15, 0.2) is 0 Å². The minimum Gasteiger partial charge on any atom is -1.00 e. The zero-order valence-corrected chi connectivity index (χ0v) is 28.9. The third-order valence-electron chi connectivity index (χ3n) is 7.12. The minimum absolute atomic E-state index is 0. The summed E-state index contributed by atoms with van der Waals surface area (Å²) < 4.78 is 5.23. The second kappa shape index (κ2) is 24.8. The minimum atomic E-state index is 0. The predicted octanol–water partition coefficient (Wildman–Crippen LogP) is -1.30. The van der Waals surface area contributed by atoms with Crippen LogP contribution in [0.1, 0.15) is 94.9 Å². The lowest BCUT2D eigenvalue weighted by molar-refractivity contribution is -0.536. The third kappa shape index (κ3) is 12.8. The smallest absolute Gasteiger partial charge is 0.350 e. The van der Waals surface area contributed by atoms with E-state index in [4.69, 9.17) is 0 Å². The Morgan fingerprint density at radius 2 is 0.611 bits per heavy atom. The van der Waals surface area contributed by atoms with Gasteiger partial charge in [-0.25, -0.2) is 0 Å². The molecule has 0 saturated heterocycles. The molecule has 0 bridgehead atoms. The maximum absolute atomic E-state index is 2.62. The van der Waals surface area contributed by atoms with E-state index in [1.807, 2.05) is 0 Å². The van der Waals surface area contributed by atoms with E-state index in [9.17, 15) is 0 Å². The second-order valence-corrected chi connectivity index (χ2v) is 8.86. The number of nitrogens with zero attached hydrogens (tertiary/aromatic N) is 6. The maximum atomic E-state index is 2.62. The van der Waals surface area contributed by atoms with Gasteiger partial charge in [-0.2, -0.15) is 0 Å². The van der Waals surface area contributed by atoms with Crippen LogP contribution in [0.5, 0.6) is 0 Å². The van der Waals surface area contributed by atoms with Gasteiger partial charge in [0, 0.05) is 0 Å². The first-order valence-electron chi connectivity index (χ1n) is 14.7. The van der Waals surface area contributed by atoms with Crippen molar-refractivity contribution in [2.24, 2.45) is 0 Å². The van der Waals surface area contributed by atoms with Crippen LogP contribution in [0.3, 0.4) is 0 Å². The molecule has 6 nitrogen and oxygen atoms in total. The van der Waals surface area contributed by atoms with Gasteiger partial charge in [-0.05, 0) is 82.1 Å². The van der Waals surface area contributed by atoms with Crippen molar-refractivity contribution in [3.63, 3.8) is 0 Å². The molecule has 0 N–H and O–H groups in total. The average molecular weight is 643 g/mol. The van der Waals surface area contributed by atoms with Gasteiger partial charge in [0.05, 0.1) is 78.5 Å². The Bertz CT molecular complexity index is 488. The van der Waals surface area contributed by atoms with Crippen LogP contribution in [0, 0.1) is 0 Å². The highest BCUT2D eigenvalue weighted by Gasteiger charge is 2.26. The van der Waals surface area contributed by atoms with E-state index in [1.165, 1.54) is 37.6 Å². The zero-order valence-electron chi connectivity index (χ0n) is 25.8. The lowest BCUT2D eigenvalue weighted by Gasteiger charge is -2.28. The molecule has 0 aromatic rings. The molecule has 0 atom stereocenters. The van der Waals surface area contributed by atoms with Gasteiger partial charge in [-0.1, -0.05) is 12.8 Å². The van der Waals surface area contributed by atoms with Crippen LogP contribution < -0.4 is 34.0 Å². The van der Waals surface area contributed by atoms with Gasteiger partial charge in [0.25, 0.3) is 0 Å². The SMILES string of the molecule is CCN(CC)C(N(CC)CC)=[N+](CC)CCCCCC[N+](CC)=C(N(CC)CC)N(CC)CC.[Br-].[Br-]. The van der Waals surface area contributed by atoms with Crippen molar-refractivity contribution in [1.82, 2.24) is 19.6 Å². The van der Waals surface area contributed by atoms with Crippen molar-refractivity contribution < 1.29 is 43.1 Å². The maximum Gasteiger partial charge on any atom is 0.350 e. The molecule has 0 aliphatic carbocycles. The van der Waals surface area contributed by atoms with Crippen LogP contribution in [0.4, 0.5) is 0 Å². The summed E-state index contributed by atoms with van der Waals surface area (Å²) in [5, 5.41) is 0. The average Bonchev–Trinajstić information content (AvgIpc) is 2.87. The van der Waals surface area contributed by atoms with Gasteiger partial charge >= 0.3 is 11.9 Å². The van der Waals surface area contributed by atoms with Crippen molar-refractivity contribution in [3.8, 4) is 0 Å². The Labute approximate surface area is 247 Å². The summed E-state index contributed by atoms with van der Waals surface area (Å²) in [6.45, 7) is 35.9. The Morgan fingerprint density at radius 3 is 0.778 bits per heavy atom. The first-order chi connectivity index (χ1) is 16.5. The molecule has 0 rings (SSSR count). The predicted molar refractivity (Wildman–Crippen MR) is 152 cm³/mol. The largest absolute Gasteiger partial charge is 1.00 e. The summed E-state index contributed by atoms with van der Waals surface area (Å²) in [7, 11) is 0. The Balaban J connectivity index is -0.00000544. The van der Waals surface area contributed by atoms with Crippen molar-refractivity contribution >= 4 is 11.9 Å². The number of unbranched alkanes of at least 4 members (excludes halogenated alkanes) is 3. The molecule has 0 spiro atoms. The second-order valence-electron chi connectivity index (χ2n) is 8.86. The molecule has 0 aromatic carbocycles. The highest BCUT2D eigenvalue weighted by atomic mass is 79.9. The Kier molecular flexibility index (Phi) is 27.6. The molecule has 0 radical (unpaired) electrons. The lowest BCUT2D eigenvalue weighted by atomic mass is 10.2. The Morgan fingerprint density at radius 1 is 0.389 bits per heavy atom. The van der Waals surface area contributed by atoms with E-state index in [0.29, 0.717) is 0 Å². The monoisotopic (exact) mass is 640 g/mol. The van der Waals surface area contributed by atoms with E-state index < -0.39 is 0 Å². The molecule has 0 unspecified atom stereocenters. The quantitative estimate of drug-likeness (QED) is 0.0851. The fourth-order valence-electron chi connectivity index (χ4n) is 4.98. The highest BCUT2D eigenvalue weighted by molar-refractivity contribution is 5.75. The van der Waals surface area contributed by atoms with Gasteiger partial charge in [0.1, 0.15) is 0 Å². The van der Waals surface area contributed by atoms with E-state index in [0.717, 1.165) is 78.5 Å². The van der Waals surface area contributed by atoms with Gasteiger partial charge in [0.15, 0.2) is 0 Å². The summed E-state index contributed by atoms with van der Waals surface area (Å²) in [6, 6.07) is 0. The van der Waals surface area contributed by atoms with Gasteiger partial charge in [-0.15, -0.1) is 0 Å². The lowest BCUT2D eigenvalue weighted by Crippen LogP contribution is -3.00. The molecule has 0 fully saturated rings. The number of halogens is 2. The molecule has 0 saturated carbocycles. The molecule has 0 amide bonds. The summed E-state index contributed by atoms with van der Waals surface area (Å²) in [6.07, 6.45) is 5.16. The topological polar surface area (TPSA) is 19.0 Å². The number of guanidine groups is 2. The number of hydrogen-bond acceptors (Lipinski definition) is 0. The molecule has 218 valence electrons. The van der Waals surface area contributed by atoms with Crippen LogP contribution in [-0.2, 0) is 0 Å². The van der Waals surface area contributed by atoms with E-state index in [1.54, 1.807) is 0 Å². The summed E-state index contributed by atoms with van der Waals surface area (Å²) in [5.41, 5.74) is 0. The highest BCUT2D eigenvalue weighted by Crippen LogP contribution is 2.07. The van der Waals surface area contributed by atoms with Crippen LogP contribution in [-0.4, -0.2) is 119 Å².